The Kier molecular flexibility index (Phi) is 5.07. The molecule has 1 unspecified atom stereocenters. The first-order valence-electron chi connectivity index (χ1n) is 6.45. The predicted octanol–water partition coefficient (Wildman–Crippen LogP) is 3.34. The Hall–Kier alpha value is -1.94. The third-order valence-electron chi connectivity index (χ3n) is 2.93. The number of rotatable bonds is 6. The number of aliphatic hydroxyl groups is 1. The van der Waals surface area contributed by atoms with Crippen LogP contribution in [0.1, 0.15) is 12.0 Å². The maximum Gasteiger partial charge on any atom is 0.129 e. The quantitative estimate of drug-likeness (QED) is 0.878. The van der Waals surface area contributed by atoms with Crippen LogP contribution in [-0.2, 0) is 6.42 Å². The zero-order chi connectivity index (χ0) is 14.4. The minimum Gasteiger partial charge on any atom is -0.493 e. The van der Waals surface area contributed by atoms with Crippen LogP contribution < -0.4 is 4.74 Å². The lowest BCUT2D eigenvalue weighted by molar-refractivity contribution is 0.138. The van der Waals surface area contributed by atoms with Crippen LogP contribution in [0.3, 0.4) is 0 Å². The maximum absolute atomic E-state index is 13.4. The summed E-state index contributed by atoms with van der Waals surface area (Å²) in [7, 11) is 0. The molecule has 0 amide bonds. The second kappa shape index (κ2) is 7.01. The van der Waals surface area contributed by atoms with E-state index >= 15 is 0 Å². The summed E-state index contributed by atoms with van der Waals surface area (Å²) in [6, 6.07) is 12.6. The van der Waals surface area contributed by atoms with E-state index in [0.717, 1.165) is 11.8 Å². The molecule has 0 aromatic heterocycles. The average molecular weight is 278 g/mol. The SMILES string of the molecule is OC(CCOc1ccccc1)Cc1ccc(F)cc1F. The molecule has 1 N–H and O–H groups in total. The number of para-hydroxylation sites is 1. The highest BCUT2D eigenvalue weighted by atomic mass is 19.1. The molecule has 0 heterocycles. The summed E-state index contributed by atoms with van der Waals surface area (Å²) in [6.45, 7) is 0.341. The van der Waals surface area contributed by atoms with Gasteiger partial charge in [-0.3, -0.25) is 0 Å². The topological polar surface area (TPSA) is 29.5 Å². The summed E-state index contributed by atoms with van der Waals surface area (Å²) >= 11 is 0. The molecular formula is C16H16F2O2. The van der Waals surface area contributed by atoms with Gasteiger partial charge in [0.1, 0.15) is 17.4 Å². The van der Waals surface area contributed by atoms with Gasteiger partial charge >= 0.3 is 0 Å². The Morgan fingerprint density at radius 3 is 2.50 bits per heavy atom. The van der Waals surface area contributed by atoms with Crippen molar-refractivity contribution in [1.82, 2.24) is 0 Å². The largest absolute Gasteiger partial charge is 0.493 e. The van der Waals surface area contributed by atoms with Crippen LogP contribution in [0.15, 0.2) is 48.5 Å². The second-order valence-corrected chi connectivity index (χ2v) is 4.54. The number of benzene rings is 2. The highest BCUT2D eigenvalue weighted by Gasteiger charge is 2.10. The molecule has 0 spiro atoms. The monoisotopic (exact) mass is 278 g/mol. The summed E-state index contributed by atoms with van der Waals surface area (Å²) in [5, 5.41) is 9.83. The molecular weight excluding hydrogens is 262 g/mol. The van der Waals surface area contributed by atoms with E-state index < -0.39 is 17.7 Å². The van der Waals surface area contributed by atoms with Gasteiger partial charge in [0, 0.05) is 18.9 Å². The lowest BCUT2D eigenvalue weighted by Crippen LogP contribution is -2.15. The van der Waals surface area contributed by atoms with Gasteiger partial charge in [0.25, 0.3) is 0 Å². The van der Waals surface area contributed by atoms with Crippen LogP contribution in [0.25, 0.3) is 0 Å². The van der Waals surface area contributed by atoms with Gasteiger partial charge in [0.15, 0.2) is 0 Å². The molecule has 2 aromatic carbocycles. The van der Waals surface area contributed by atoms with E-state index in [0.29, 0.717) is 18.6 Å². The van der Waals surface area contributed by atoms with Gasteiger partial charge in [-0.05, 0) is 23.8 Å². The lowest BCUT2D eigenvalue weighted by atomic mass is 10.1. The van der Waals surface area contributed by atoms with Gasteiger partial charge in [-0.2, -0.15) is 0 Å². The van der Waals surface area contributed by atoms with Crippen LogP contribution >= 0.6 is 0 Å². The molecule has 2 aromatic rings. The minimum atomic E-state index is -0.723. The average Bonchev–Trinajstić information content (AvgIpc) is 2.43. The highest BCUT2D eigenvalue weighted by Crippen LogP contribution is 2.14. The highest BCUT2D eigenvalue weighted by molar-refractivity contribution is 5.21. The van der Waals surface area contributed by atoms with E-state index in [1.807, 2.05) is 30.3 Å². The van der Waals surface area contributed by atoms with Crippen molar-refractivity contribution in [3.05, 3.63) is 65.7 Å². The zero-order valence-electron chi connectivity index (χ0n) is 10.9. The molecule has 0 saturated heterocycles. The van der Waals surface area contributed by atoms with Gasteiger partial charge in [0.2, 0.25) is 0 Å². The van der Waals surface area contributed by atoms with Crippen LogP contribution in [0.2, 0.25) is 0 Å². The van der Waals surface area contributed by atoms with Crippen molar-refractivity contribution < 1.29 is 18.6 Å². The molecule has 0 radical (unpaired) electrons. The normalized spacial score (nSPS) is 12.2. The Morgan fingerprint density at radius 1 is 1.05 bits per heavy atom. The van der Waals surface area contributed by atoms with Gasteiger partial charge in [-0.1, -0.05) is 24.3 Å². The van der Waals surface area contributed by atoms with Crippen LogP contribution in [0.4, 0.5) is 8.78 Å². The number of ether oxygens (including phenoxy) is 1. The van der Waals surface area contributed by atoms with Crippen molar-refractivity contribution >= 4 is 0 Å². The van der Waals surface area contributed by atoms with Crippen molar-refractivity contribution in [2.45, 2.75) is 18.9 Å². The Balaban J connectivity index is 1.79. The fourth-order valence-corrected chi connectivity index (χ4v) is 1.87. The summed E-state index contributed by atoms with van der Waals surface area (Å²) in [5.41, 5.74) is 0.304. The van der Waals surface area contributed by atoms with Gasteiger partial charge < -0.3 is 9.84 Å². The second-order valence-electron chi connectivity index (χ2n) is 4.54. The smallest absolute Gasteiger partial charge is 0.129 e. The first-order valence-corrected chi connectivity index (χ1v) is 6.45. The Morgan fingerprint density at radius 2 is 1.80 bits per heavy atom. The molecule has 0 aliphatic rings. The Labute approximate surface area is 116 Å². The van der Waals surface area contributed by atoms with E-state index in [2.05, 4.69) is 0 Å². The standard InChI is InChI=1S/C16H16F2O2/c17-13-7-6-12(16(18)11-13)10-14(19)8-9-20-15-4-2-1-3-5-15/h1-7,11,14,19H,8-10H2. The molecule has 0 fully saturated rings. The van der Waals surface area contributed by atoms with E-state index in [4.69, 9.17) is 4.74 Å². The molecule has 1 atom stereocenters. The van der Waals surface area contributed by atoms with Crippen molar-refractivity contribution in [1.29, 1.82) is 0 Å². The number of hydrogen-bond donors (Lipinski definition) is 1. The molecule has 0 aliphatic carbocycles. The zero-order valence-corrected chi connectivity index (χ0v) is 10.9. The van der Waals surface area contributed by atoms with Crippen molar-refractivity contribution in [2.24, 2.45) is 0 Å². The van der Waals surface area contributed by atoms with Crippen molar-refractivity contribution in [3.63, 3.8) is 0 Å². The van der Waals surface area contributed by atoms with Crippen LogP contribution in [0.5, 0.6) is 5.75 Å². The molecule has 20 heavy (non-hydrogen) atoms. The fraction of sp³-hybridized carbons (Fsp3) is 0.250. The molecule has 2 rings (SSSR count). The molecule has 0 saturated carbocycles. The van der Waals surface area contributed by atoms with Gasteiger partial charge in [0.05, 0.1) is 12.7 Å². The van der Waals surface area contributed by atoms with Gasteiger partial charge in [-0.15, -0.1) is 0 Å². The summed E-state index contributed by atoms with van der Waals surface area (Å²) < 4.78 is 31.6. The third-order valence-corrected chi connectivity index (χ3v) is 2.93. The number of halogens is 2. The molecule has 0 bridgehead atoms. The fourth-order valence-electron chi connectivity index (χ4n) is 1.87. The van der Waals surface area contributed by atoms with E-state index in [1.165, 1.54) is 12.1 Å². The molecule has 0 aliphatic heterocycles. The van der Waals surface area contributed by atoms with E-state index in [9.17, 15) is 13.9 Å². The molecule has 106 valence electrons. The molecule has 4 heteroatoms. The van der Waals surface area contributed by atoms with Crippen molar-refractivity contribution in [3.8, 4) is 5.75 Å². The van der Waals surface area contributed by atoms with Crippen LogP contribution in [-0.4, -0.2) is 17.8 Å². The Bertz CT molecular complexity index is 543. The predicted molar refractivity (Wildman–Crippen MR) is 72.6 cm³/mol. The number of hydrogen-bond acceptors (Lipinski definition) is 2. The van der Waals surface area contributed by atoms with E-state index in [-0.39, 0.29) is 6.42 Å². The van der Waals surface area contributed by atoms with E-state index in [1.54, 1.807) is 0 Å². The third kappa shape index (κ3) is 4.31. The molecule has 2 nitrogen and oxygen atoms in total. The van der Waals surface area contributed by atoms with Gasteiger partial charge in [-0.25, -0.2) is 8.78 Å². The summed E-state index contributed by atoms with van der Waals surface area (Å²) in [4.78, 5) is 0. The first kappa shape index (κ1) is 14.5. The summed E-state index contributed by atoms with van der Waals surface area (Å²) in [6.07, 6.45) is -0.200. The lowest BCUT2D eigenvalue weighted by Gasteiger charge is -2.12. The maximum atomic E-state index is 13.4. The number of aliphatic hydroxyl groups excluding tert-OH is 1. The van der Waals surface area contributed by atoms with Crippen molar-refractivity contribution in [2.75, 3.05) is 6.61 Å². The first-order chi connectivity index (χ1) is 9.65. The summed E-state index contributed by atoms with van der Waals surface area (Å²) in [5.74, 6) is -0.520. The minimum absolute atomic E-state index is 0.143. The van der Waals surface area contributed by atoms with Crippen LogP contribution in [0, 0.1) is 11.6 Å².